The van der Waals surface area contributed by atoms with E-state index >= 15 is 0 Å². The van der Waals surface area contributed by atoms with Gasteiger partial charge in [-0.15, -0.1) is 0 Å². The molecule has 3 heterocycles. The molecule has 0 aliphatic carbocycles. The molecule has 0 radical (unpaired) electrons. The summed E-state index contributed by atoms with van der Waals surface area (Å²) in [5, 5.41) is 2.13. The van der Waals surface area contributed by atoms with Crippen LogP contribution in [0.5, 0.6) is 5.75 Å². The number of ether oxygens (including phenoxy) is 1. The first kappa shape index (κ1) is 20.5. The van der Waals surface area contributed by atoms with Crippen molar-refractivity contribution in [2.45, 2.75) is 18.8 Å². The first-order chi connectivity index (χ1) is 16.6. The van der Waals surface area contributed by atoms with Crippen molar-refractivity contribution < 1.29 is 14.3 Å². The molecule has 3 amide bonds. The van der Waals surface area contributed by atoms with Gasteiger partial charge in [-0.2, -0.15) is 0 Å². The van der Waals surface area contributed by atoms with Gasteiger partial charge < -0.3 is 19.4 Å². The van der Waals surface area contributed by atoms with Gasteiger partial charge in [0.05, 0.1) is 13.7 Å². The Bertz CT molecular complexity index is 1330. The van der Waals surface area contributed by atoms with Gasteiger partial charge in [0.25, 0.3) is 5.91 Å². The summed E-state index contributed by atoms with van der Waals surface area (Å²) in [4.78, 5) is 38.9. The Labute approximate surface area is 197 Å². The van der Waals surface area contributed by atoms with Gasteiger partial charge in [-0.25, -0.2) is 9.79 Å². The second-order valence-electron chi connectivity index (χ2n) is 8.79. The average Bonchev–Trinajstić information content (AvgIpc) is 3.45. The smallest absolute Gasteiger partial charge is 0.328 e. The van der Waals surface area contributed by atoms with Crippen molar-refractivity contribution in [3.05, 3.63) is 72.3 Å². The molecule has 8 nitrogen and oxygen atoms in total. The topological polar surface area (TPSA) is 68.7 Å². The molecule has 0 aromatic heterocycles. The van der Waals surface area contributed by atoms with Crippen LogP contribution in [0, 0.1) is 0 Å². The number of anilines is 1. The van der Waals surface area contributed by atoms with E-state index in [1.165, 1.54) is 4.90 Å². The highest BCUT2D eigenvalue weighted by Gasteiger charge is 2.54. The van der Waals surface area contributed by atoms with Crippen molar-refractivity contribution in [3.63, 3.8) is 0 Å². The fraction of sp³-hybridized carbons (Fsp3) is 0.269. The summed E-state index contributed by atoms with van der Waals surface area (Å²) < 4.78 is 5.38. The van der Waals surface area contributed by atoms with Gasteiger partial charge in [0.15, 0.2) is 12.2 Å². The molecule has 2 atom stereocenters. The average molecular weight is 456 g/mol. The molecule has 8 heteroatoms. The van der Waals surface area contributed by atoms with Crippen molar-refractivity contribution in [2.75, 3.05) is 32.1 Å². The maximum atomic E-state index is 13.7. The van der Waals surface area contributed by atoms with Gasteiger partial charge in [-0.1, -0.05) is 48.5 Å². The molecule has 0 N–H and O–H groups in total. The standard InChI is InChI=1S/C26H25N5O3/c1-28-23-22(30-14-13-29(25(30)27-23)19-10-6-11-20(15-19)34-2)24(32)31(26(28)33)16-18-9-5-8-17-7-3-4-12-21(17)18/h3-12,15,22-23H,13-14,16H2,1-2H3. The third-order valence-corrected chi connectivity index (χ3v) is 6.95. The van der Waals surface area contributed by atoms with E-state index in [4.69, 9.17) is 9.73 Å². The fourth-order valence-corrected chi connectivity index (χ4v) is 5.21. The largest absolute Gasteiger partial charge is 0.497 e. The number of methoxy groups -OCH3 is 1. The highest BCUT2D eigenvalue weighted by molar-refractivity contribution is 6.08. The number of carbonyl (C=O) groups excluding carboxylic acids is 2. The minimum absolute atomic E-state index is 0.202. The third-order valence-electron chi connectivity index (χ3n) is 6.95. The van der Waals surface area contributed by atoms with E-state index in [1.807, 2.05) is 71.6 Å². The molecule has 2 saturated heterocycles. The molecule has 0 saturated carbocycles. The zero-order valence-corrected chi connectivity index (χ0v) is 19.1. The van der Waals surface area contributed by atoms with E-state index in [2.05, 4.69) is 4.90 Å². The Morgan fingerprint density at radius 3 is 2.65 bits per heavy atom. The van der Waals surface area contributed by atoms with Crippen molar-refractivity contribution >= 4 is 34.4 Å². The van der Waals surface area contributed by atoms with E-state index in [0.29, 0.717) is 13.1 Å². The number of carbonyl (C=O) groups is 2. The molecule has 3 aromatic carbocycles. The van der Waals surface area contributed by atoms with Crippen LogP contribution in [0.1, 0.15) is 5.56 Å². The summed E-state index contributed by atoms with van der Waals surface area (Å²) in [6, 6.07) is 20.9. The lowest BCUT2D eigenvalue weighted by atomic mass is 10.0. The summed E-state index contributed by atoms with van der Waals surface area (Å²) in [5.74, 6) is 1.28. The molecule has 2 fully saturated rings. The minimum Gasteiger partial charge on any atom is -0.497 e. The first-order valence-corrected chi connectivity index (χ1v) is 11.4. The number of rotatable bonds is 4. The Morgan fingerprint density at radius 1 is 1.00 bits per heavy atom. The van der Waals surface area contributed by atoms with Crippen LogP contribution in [0.3, 0.4) is 0 Å². The van der Waals surface area contributed by atoms with Crippen molar-refractivity contribution in [3.8, 4) is 5.75 Å². The number of fused-ring (bicyclic) bond motifs is 4. The number of urea groups is 1. The van der Waals surface area contributed by atoms with E-state index < -0.39 is 12.2 Å². The van der Waals surface area contributed by atoms with Crippen molar-refractivity contribution in [1.29, 1.82) is 0 Å². The number of amides is 3. The minimum atomic E-state index is -0.535. The molecule has 0 spiro atoms. The number of likely N-dealkylation sites (N-methyl/N-ethyl adjacent to an activating group) is 1. The van der Waals surface area contributed by atoms with Crippen LogP contribution in [-0.2, 0) is 11.3 Å². The summed E-state index contributed by atoms with van der Waals surface area (Å²) in [7, 11) is 3.37. The summed E-state index contributed by atoms with van der Waals surface area (Å²) in [6.07, 6.45) is -0.535. The lowest BCUT2D eigenvalue weighted by Crippen LogP contribution is -2.64. The highest BCUT2D eigenvalue weighted by Crippen LogP contribution is 2.35. The summed E-state index contributed by atoms with van der Waals surface area (Å²) in [6.45, 7) is 1.60. The second kappa shape index (κ2) is 7.76. The predicted octanol–water partition coefficient (Wildman–Crippen LogP) is 3.13. The second-order valence-corrected chi connectivity index (χ2v) is 8.79. The normalized spacial score (nSPS) is 21.8. The molecule has 3 aliphatic rings. The van der Waals surface area contributed by atoms with Gasteiger partial charge in [-0.3, -0.25) is 9.69 Å². The third kappa shape index (κ3) is 3.02. The molecular formula is C26H25N5O3. The maximum absolute atomic E-state index is 13.7. The Hall–Kier alpha value is -4.07. The van der Waals surface area contributed by atoms with E-state index in [-0.39, 0.29) is 18.5 Å². The Balaban J connectivity index is 1.31. The summed E-state index contributed by atoms with van der Waals surface area (Å²) in [5.41, 5.74) is 1.90. The summed E-state index contributed by atoms with van der Waals surface area (Å²) >= 11 is 0. The number of aliphatic imine (C=N–C) groups is 1. The lowest BCUT2D eigenvalue weighted by molar-refractivity contribution is -0.137. The van der Waals surface area contributed by atoms with Crippen LogP contribution in [0.4, 0.5) is 10.5 Å². The number of imide groups is 1. The van der Waals surface area contributed by atoms with Crippen LogP contribution in [-0.4, -0.2) is 72.1 Å². The highest BCUT2D eigenvalue weighted by atomic mass is 16.5. The molecular weight excluding hydrogens is 430 g/mol. The van der Waals surface area contributed by atoms with E-state index in [0.717, 1.165) is 33.7 Å². The number of hydrogen-bond acceptors (Lipinski definition) is 6. The maximum Gasteiger partial charge on any atom is 0.328 e. The zero-order valence-electron chi connectivity index (χ0n) is 19.1. The van der Waals surface area contributed by atoms with Crippen molar-refractivity contribution in [1.82, 2.24) is 14.7 Å². The number of hydrogen-bond donors (Lipinski definition) is 0. The predicted molar refractivity (Wildman–Crippen MR) is 130 cm³/mol. The quantitative estimate of drug-likeness (QED) is 0.605. The van der Waals surface area contributed by atoms with Crippen molar-refractivity contribution in [2.24, 2.45) is 4.99 Å². The van der Waals surface area contributed by atoms with Crippen LogP contribution in [0.2, 0.25) is 0 Å². The first-order valence-electron chi connectivity index (χ1n) is 11.4. The molecule has 2 unspecified atom stereocenters. The molecule has 34 heavy (non-hydrogen) atoms. The Morgan fingerprint density at radius 2 is 1.79 bits per heavy atom. The van der Waals surface area contributed by atoms with Crippen LogP contribution < -0.4 is 9.64 Å². The van der Waals surface area contributed by atoms with Gasteiger partial charge in [0, 0.05) is 31.9 Å². The number of benzene rings is 3. The van der Waals surface area contributed by atoms with E-state index in [1.54, 1.807) is 19.1 Å². The number of nitrogens with zero attached hydrogens (tertiary/aromatic N) is 5. The van der Waals surface area contributed by atoms with Crippen LogP contribution in [0.25, 0.3) is 10.8 Å². The monoisotopic (exact) mass is 455 g/mol. The molecule has 3 aliphatic heterocycles. The SMILES string of the molecule is COc1cccc(N2CCN3C2=NC2C3C(=O)N(Cc3cccc4ccccc34)C(=O)N2C)c1. The number of guanidine groups is 1. The van der Waals surface area contributed by atoms with Crippen LogP contribution >= 0.6 is 0 Å². The zero-order chi connectivity index (χ0) is 23.4. The molecule has 172 valence electrons. The molecule has 6 rings (SSSR count). The van der Waals surface area contributed by atoms with Gasteiger partial charge >= 0.3 is 6.03 Å². The Kier molecular flexibility index (Phi) is 4.69. The molecule has 0 bridgehead atoms. The van der Waals surface area contributed by atoms with Crippen LogP contribution in [0.15, 0.2) is 71.7 Å². The molecule has 3 aromatic rings. The van der Waals surface area contributed by atoms with Gasteiger partial charge in [0.1, 0.15) is 5.75 Å². The van der Waals surface area contributed by atoms with Gasteiger partial charge in [0.2, 0.25) is 5.96 Å². The fourth-order valence-electron chi connectivity index (χ4n) is 5.21. The lowest BCUT2D eigenvalue weighted by Gasteiger charge is -2.40. The van der Waals surface area contributed by atoms with E-state index in [9.17, 15) is 9.59 Å². The van der Waals surface area contributed by atoms with Gasteiger partial charge in [-0.05, 0) is 28.5 Å².